The quantitative estimate of drug-likeness (QED) is 0.935. The molecular formula is C14H16N2O3S. The third kappa shape index (κ3) is 3.55. The summed E-state index contributed by atoms with van der Waals surface area (Å²) in [7, 11) is -3.26. The lowest BCUT2D eigenvalue weighted by atomic mass is 10.1. The summed E-state index contributed by atoms with van der Waals surface area (Å²) in [4.78, 5) is 4.29. The largest absolute Gasteiger partial charge is 0.439 e. The molecule has 0 amide bonds. The number of nitrogens with two attached hydrogens (primary N) is 1. The second-order valence-corrected chi connectivity index (χ2v) is 6.58. The third-order valence-corrected chi connectivity index (χ3v) is 3.85. The van der Waals surface area contributed by atoms with Gasteiger partial charge < -0.3 is 10.5 Å². The highest BCUT2D eigenvalue weighted by Gasteiger charge is 2.09. The van der Waals surface area contributed by atoms with Gasteiger partial charge in [0, 0.05) is 24.6 Å². The van der Waals surface area contributed by atoms with Gasteiger partial charge in [0.2, 0.25) is 5.88 Å². The molecule has 0 radical (unpaired) electrons. The summed E-state index contributed by atoms with van der Waals surface area (Å²) in [6, 6.07) is 9.71. The maximum absolute atomic E-state index is 11.5. The number of ether oxygens (including phenoxy) is 1. The predicted octanol–water partition coefficient (Wildman–Crippen LogP) is 2.30. The van der Waals surface area contributed by atoms with Gasteiger partial charge in [0.05, 0.1) is 4.90 Å². The zero-order valence-electron chi connectivity index (χ0n) is 11.3. The zero-order valence-corrected chi connectivity index (χ0v) is 12.1. The molecule has 6 heteroatoms. The van der Waals surface area contributed by atoms with Gasteiger partial charge in [0.15, 0.2) is 9.84 Å². The van der Waals surface area contributed by atoms with Crippen LogP contribution in [0.2, 0.25) is 0 Å². The van der Waals surface area contributed by atoms with Crippen molar-refractivity contribution in [2.75, 3.05) is 6.26 Å². The van der Waals surface area contributed by atoms with E-state index in [-0.39, 0.29) is 10.9 Å². The van der Waals surface area contributed by atoms with E-state index >= 15 is 0 Å². The first-order chi connectivity index (χ1) is 9.36. The number of aromatic nitrogens is 1. The molecule has 106 valence electrons. The number of sulfone groups is 1. The lowest BCUT2D eigenvalue weighted by Gasteiger charge is -2.09. The van der Waals surface area contributed by atoms with Gasteiger partial charge in [0.25, 0.3) is 0 Å². The Labute approximate surface area is 118 Å². The SMILES string of the molecule is C[C@@H](N)c1ccnc(Oc2cccc(S(C)(=O)=O)c2)c1. The van der Waals surface area contributed by atoms with Crippen molar-refractivity contribution in [3.63, 3.8) is 0 Å². The topological polar surface area (TPSA) is 82.3 Å². The minimum Gasteiger partial charge on any atom is -0.439 e. The maximum atomic E-state index is 11.5. The second kappa shape index (κ2) is 5.60. The molecular weight excluding hydrogens is 276 g/mol. The molecule has 0 aliphatic heterocycles. The summed E-state index contributed by atoms with van der Waals surface area (Å²) in [5.74, 6) is 0.799. The van der Waals surface area contributed by atoms with Gasteiger partial charge in [-0.15, -0.1) is 0 Å². The van der Waals surface area contributed by atoms with E-state index in [0.29, 0.717) is 11.6 Å². The van der Waals surface area contributed by atoms with Gasteiger partial charge in [-0.25, -0.2) is 13.4 Å². The van der Waals surface area contributed by atoms with E-state index < -0.39 is 9.84 Å². The Bertz CT molecular complexity index is 712. The summed E-state index contributed by atoms with van der Waals surface area (Å²) in [5, 5.41) is 0. The molecule has 0 fully saturated rings. The Hall–Kier alpha value is -1.92. The van der Waals surface area contributed by atoms with Gasteiger partial charge >= 0.3 is 0 Å². The van der Waals surface area contributed by atoms with Crippen molar-refractivity contribution >= 4 is 9.84 Å². The Balaban J connectivity index is 2.29. The highest BCUT2D eigenvalue weighted by Crippen LogP contribution is 2.24. The normalized spacial score (nSPS) is 12.9. The molecule has 20 heavy (non-hydrogen) atoms. The molecule has 0 spiro atoms. The van der Waals surface area contributed by atoms with Crippen LogP contribution in [0, 0.1) is 0 Å². The maximum Gasteiger partial charge on any atom is 0.219 e. The summed E-state index contributed by atoms with van der Waals surface area (Å²) in [6.45, 7) is 1.86. The van der Waals surface area contributed by atoms with Gasteiger partial charge in [0.1, 0.15) is 5.75 Å². The summed E-state index contributed by atoms with van der Waals surface area (Å²) < 4.78 is 28.6. The van der Waals surface area contributed by atoms with E-state index in [9.17, 15) is 8.42 Å². The molecule has 2 aromatic rings. The molecule has 0 bridgehead atoms. The zero-order chi connectivity index (χ0) is 14.8. The van der Waals surface area contributed by atoms with Gasteiger partial charge in [-0.2, -0.15) is 0 Å². The first kappa shape index (κ1) is 14.5. The van der Waals surface area contributed by atoms with Gasteiger partial charge in [-0.3, -0.25) is 0 Å². The smallest absolute Gasteiger partial charge is 0.219 e. The molecule has 1 aromatic heterocycles. The van der Waals surface area contributed by atoms with Gasteiger partial charge in [-0.1, -0.05) is 6.07 Å². The summed E-state index contributed by atoms with van der Waals surface area (Å²) >= 11 is 0. The third-order valence-electron chi connectivity index (χ3n) is 2.74. The van der Waals surface area contributed by atoms with Crippen LogP contribution in [-0.2, 0) is 9.84 Å². The molecule has 5 nitrogen and oxygen atoms in total. The molecule has 1 heterocycles. The molecule has 2 rings (SSSR count). The predicted molar refractivity (Wildman–Crippen MR) is 76.5 cm³/mol. The lowest BCUT2D eigenvalue weighted by Crippen LogP contribution is -2.05. The number of hydrogen-bond donors (Lipinski definition) is 1. The first-order valence-electron chi connectivity index (χ1n) is 6.06. The van der Waals surface area contributed by atoms with Crippen molar-refractivity contribution in [3.05, 3.63) is 48.2 Å². The van der Waals surface area contributed by atoms with E-state index in [0.717, 1.165) is 11.8 Å². The fourth-order valence-corrected chi connectivity index (χ4v) is 2.31. The minimum absolute atomic E-state index is 0.122. The van der Waals surface area contributed by atoms with Crippen molar-refractivity contribution in [2.24, 2.45) is 5.73 Å². The molecule has 0 unspecified atom stereocenters. The number of rotatable bonds is 4. The Morgan fingerprint density at radius 2 is 2.00 bits per heavy atom. The fourth-order valence-electron chi connectivity index (χ4n) is 1.65. The highest BCUT2D eigenvalue weighted by molar-refractivity contribution is 7.90. The van der Waals surface area contributed by atoms with Crippen molar-refractivity contribution in [2.45, 2.75) is 17.9 Å². The summed E-state index contributed by atoms with van der Waals surface area (Å²) in [6.07, 6.45) is 2.76. The van der Waals surface area contributed by atoms with E-state index in [2.05, 4.69) is 4.98 Å². The molecule has 1 atom stereocenters. The van der Waals surface area contributed by atoms with E-state index in [1.165, 1.54) is 12.1 Å². The van der Waals surface area contributed by atoms with Crippen LogP contribution in [-0.4, -0.2) is 19.7 Å². The average molecular weight is 292 g/mol. The van der Waals surface area contributed by atoms with Crippen LogP contribution in [0.15, 0.2) is 47.5 Å². The second-order valence-electron chi connectivity index (χ2n) is 4.57. The fraction of sp³-hybridized carbons (Fsp3) is 0.214. The Morgan fingerprint density at radius 3 is 2.65 bits per heavy atom. The number of benzene rings is 1. The number of hydrogen-bond acceptors (Lipinski definition) is 5. The van der Waals surface area contributed by atoms with Crippen molar-refractivity contribution in [1.82, 2.24) is 4.98 Å². The van der Waals surface area contributed by atoms with Crippen LogP contribution >= 0.6 is 0 Å². The highest BCUT2D eigenvalue weighted by atomic mass is 32.2. The monoisotopic (exact) mass is 292 g/mol. The van der Waals surface area contributed by atoms with Crippen molar-refractivity contribution in [3.8, 4) is 11.6 Å². The van der Waals surface area contributed by atoms with Crippen LogP contribution in [0.3, 0.4) is 0 Å². The van der Waals surface area contributed by atoms with E-state index in [4.69, 9.17) is 10.5 Å². The average Bonchev–Trinajstić information content (AvgIpc) is 2.38. The standard InChI is InChI=1S/C14H16N2O3S/c1-10(15)11-6-7-16-14(8-11)19-12-4-3-5-13(9-12)20(2,17)18/h3-10H,15H2,1-2H3/t10-/m1/s1. The Kier molecular flexibility index (Phi) is 4.06. The molecule has 0 aliphatic carbocycles. The van der Waals surface area contributed by atoms with Gasteiger partial charge in [-0.05, 0) is 36.8 Å². The van der Waals surface area contributed by atoms with Crippen LogP contribution in [0.5, 0.6) is 11.6 Å². The Morgan fingerprint density at radius 1 is 1.25 bits per heavy atom. The lowest BCUT2D eigenvalue weighted by molar-refractivity contribution is 0.460. The van der Waals surface area contributed by atoms with Crippen LogP contribution in [0.1, 0.15) is 18.5 Å². The molecule has 2 N–H and O–H groups in total. The molecule has 0 saturated heterocycles. The van der Waals surface area contributed by atoms with E-state index in [1.54, 1.807) is 24.4 Å². The van der Waals surface area contributed by atoms with Crippen LogP contribution in [0.4, 0.5) is 0 Å². The number of nitrogens with zero attached hydrogens (tertiary/aromatic N) is 1. The molecule has 1 aromatic carbocycles. The van der Waals surface area contributed by atoms with Crippen molar-refractivity contribution in [1.29, 1.82) is 0 Å². The van der Waals surface area contributed by atoms with E-state index in [1.807, 2.05) is 13.0 Å². The molecule has 0 aliphatic rings. The first-order valence-corrected chi connectivity index (χ1v) is 7.95. The van der Waals surface area contributed by atoms with Crippen LogP contribution in [0.25, 0.3) is 0 Å². The number of pyridine rings is 1. The summed E-state index contributed by atoms with van der Waals surface area (Å²) in [5.41, 5.74) is 6.69. The van der Waals surface area contributed by atoms with Crippen LogP contribution < -0.4 is 10.5 Å². The molecule has 0 saturated carbocycles. The van der Waals surface area contributed by atoms with Crippen molar-refractivity contribution < 1.29 is 13.2 Å². The minimum atomic E-state index is -3.26.